The molecule has 0 aliphatic heterocycles. The van der Waals surface area contributed by atoms with Gasteiger partial charge in [-0.2, -0.15) is 0 Å². The van der Waals surface area contributed by atoms with Crippen LogP contribution in [-0.4, -0.2) is 37.1 Å². The minimum absolute atomic E-state index is 0.140. The third-order valence-corrected chi connectivity index (χ3v) is 5.19. The number of thiazole rings is 1. The van der Waals surface area contributed by atoms with Crippen LogP contribution < -0.4 is 10.2 Å². The molecule has 0 aliphatic rings. The van der Waals surface area contributed by atoms with Crippen molar-refractivity contribution in [2.24, 2.45) is 0 Å². The van der Waals surface area contributed by atoms with Crippen LogP contribution in [0.1, 0.15) is 11.3 Å². The fraction of sp³-hybridized carbons (Fsp3) is 0.167. The average molecular weight is 451 g/mol. The molecule has 0 unspecified atom stereocenters. The van der Waals surface area contributed by atoms with Crippen molar-refractivity contribution in [2.45, 2.75) is 19.8 Å². The number of aryl methyl sites for hydroxylation is 1. The second-order valence-electron chi connectivity index (χ2n) is 6.11. The number of amides is 1. The minimum atomic E-state index is -2.54. The number of aromatic nitrogens is 5. The van der Waals surface area contributed by atoms with Crippen LogP contribution in [0, 0.1) is 6.92 Å². The van der Waals surface area contributed by atoms with Gasteiger partial charge in [-0.25, -0.2) is 34.0 Å². The first kappa shape index (κ1) is 20.1. The van der Waals surface area contributed by atoms with Crippen molar-refractivity contribution >= 4 is 40.1 Å². The van der Waals surface area contributed by atoms with E-state index < -0.39 is 18.9 Å². The van der Waals surface area contributed by atoms with E-state index >= 15 is 0 Å². The first-order valence-corrected chi connectivity index (χ1v) is 9.83. The maximum absolute atomic E-state index is 12.8. The quantitative estimate of drug-likeness (QED) is 0.482. The van der Waals surface area contributed by atoms with Crippen molar-refractivity contribution in [1.29, 1.82) is 0 Å². The topological polar surface area (TPSA) is 94.8 Å². The number of ether oxygens (including phenoxy) is 1. The Balaban J connectivity index is 1.53. The second kappa shape index (κ2) is 8.28. The lowest BCUT2D eigenvalue weighted by Gasteiger charge is -2.10. The lowest BCUT2D eigenvalue weighted by Crippen LogP contribution is -2.25. The van der Waals surface area contributed by atoms with E-state index in [1.807, 2.05) is 0 Å². The number of nitrogens with one attached hydrogen (secondary N) is 1. The Morgan fingerprint density at radius 2 is 2.20 bits per heavy atom. The van der Waals surface area contributed by atoms with Gasteiger partial charge >= 0.3 is 6.09 Å². The Labute approximate surface area is 177 Å². The number of hydrogen-bond donors (Lipinski definition) is 1. The maximum Gasteiger partial charge on any atom is 0.432 e. The standard InChI is InChI=1S/C18H13ClF2N6O2S/c1-9-12(6-23-16(24-9)17-25-13(19)8-30-17)29-18(28)26-27-7-10(5-14(20)21)15-11(27)3-2-4-22-15/h2-4,6-8,14H,5H2,1H3,(H,26,28). The zero-order valence-electron chi connectivity index (χ0n) is 15.3. The fourth-order valence-corrected chi connectivity index (χ4v) is 3.66. The van der Waals surface area contributed by atoms with Gasteiger partial charge in [0.1, 0.15) is 5.15 Å². The number of carbonyl (C=O) groups is 1. The van der Waals surface area contributed by atoms with Gasteiger partial charge in [0.2, 0.25) is 6.43 Å². The molecular weight excluding hydrogens is 438 g/mol. The van der Waals surface area contributed by atoms with E-state index in [-0.39, 0.29) is 5.75 Å². The molecule has 1 N–H and O–H groups in total. The Kier molecular flexibility index (Phi) is 5.55. The summed E-state index contributed by atoms with van der Waals surface area (Å²) >= 11 is 7.11. The third-order valence-electron chi connectivity index (χ3n) is 4.03. The van der Waals surface area contributed by atoms with Crippen molar-refractivity contribution in [2.75, 3.05) is 5.43 Å². The second-order valence-corrected chi connectivity index (χ2v) is 7.36. The van der Waals surface area contributed by atoms with Crippen molar-refractivity contribution in [1.82, 2.24) is 24.6 Å². The smallest absolute Gasteiger partial charge is 0.406 e. The zero-order valence-corrected chi connectivity index (χ0v) is 16.9. The summed E-state index contributed by atoms with van der Waals surface area (Å²) < 4.78 is 32.2. The molecular formula is C18H13ClF2N6O2S. The Bertz CT molecular complexity index is 1230. The highest BCUT2D eigenvalue weighted by molar-refractivity contribution is 7.13. The molecule has 0 aromatic carbocycles. The minimum Gasteiger partial charge on any atom is -0.406 e. The molecule has 0 spiro atoms. The molecule has 0 fully saturated rings. The first-order chi connectivity index (χ1) is 14.4. The average Bonchev–Trinajstić information content (AvgIpc) is 3.27. The zero-order chi connectivity index (χ0) is 21.3. The molecule has 1 amide bonds. The number of halogens is 3. The molecule has 8 nitrogen and oxygen atoms in total. The molecule has 30 heavy (non-hydrogen) atoms. The summed E-state index contributed by atoms with van der Waals surface area (Å²) in [7, 11) is 0. The van der Waals surface area contributed by atoms with Gasteiger partial charge in [0, 0.05) is 29.8 Å². The van der Waals surface area contributed by atoms with Gasteiger partial charge in [-0.3, -0.25) is 9.66 Å². The molecule has 0 saturated carbocycles. The van der Waals surface area contributed by atoms with Crippen molar-refractivity contribution in [3.63, 3.8) is 0 Å². The summed E-state index contributed by atoms with van der Waals surface area (Å²) in [4.78, 5) is 29.0. The van der Waals surface area contributed by atoms with Gasteiger partial charge in [-0.15, -0.1) is 11.3 Å². The molecule has 4 rings (SSSR count). The summed E-state index contributed by atoms with van der Waals surface area (Å²) in [6.07, 6.45) is 0.387. The number of rotatable bonds is 5. The van der Waals surface area contributed by atoms with Crippen LogP contribution in [-0.2, 0) is 6.42 Å². The molecule has 0 radical (unpaired) electrons. The van der Waals surface area contributed by atoms with Gasteiger partial charge in [-0.05, 0) is 19.1 Å². The predicted octanol–water partition coefficient (Wildman–Crippen LogP) is 4.46. The van der Waals surface area contributed by atoms with Crippen LogP contribution >= 0.6 is 22.9 Å². The molecule has 4 aromatic heterocycles. The predicted molar refractivity (Wildman–Crippen MR) is 108 cm³/mol. The van der Waals surface area contributed by atoms with Crippen LogP contribution in [0.4, 0.5) is 13.6 Å². The molecule has 0 saturated heterocycles. The summed E-state index contributed by atoms with van der Waals surface area (Å²) in [6.45, 7) is 1.65. The maximum atomic E-state index is 12.8. The largest absolute Gasteiger partial charge is 0.432 e. The molecule has 4 heterocycles. The number of nitrogens with zero attached hydrogens (tertiary/aromatic N) is 5. The Morgan fingerprint density at radius 3 is 2.90 bits per heavy atom. The van der Waals surface area contributed by atoms with E-state index in [2.05, 4.69) is 25.4 Å². The highest BCUT2D eigenvalue weighted by Crippen LogP contribution is 2.25. The lowest BCUT2D eigenvalue weighted by atomic mass is 10.2. The number of carbonyl (C=O) groups excluding carboxylic acids is 1. The normalized spacial score (nSPS) is 11.2. The van der Waals surface area contributed by atoms with E-state index in [1.54, 1.807) is 24.4 Å². The summed E-state index contributed by atoms with van der Waals surface area (Å²) in [5.74, 6) is 0.498. The number of alkyl halides is 2. The van der Waals surface area contributed by atoms with Gasteiger partial charge in [0.25, 0.3) is 0 Å². The summed E-state index contributed by atoms with van der Waals surface area (Å²) in [5.41, 5.74) is 4.06. The fourth-order valence-electron chi connectivity index (χ4n) is 2.77. The van der Waals surface area contributed by atoms with E-state index in [1.165, 1.54) is 34.6 Å². The Morgan fingerprint density at radius 1 is 1.37 bits per heavy atom. The van der Waals surface area contributed by atoms with E-state index in [4.69, 9.17) is 16.3 Å². The van der Waals surface area contributed by atoms with E-state index in [0.29, 0.717) is 38.3 Å². The highest BCUT2D eigenvalue weighted by Gasteiger charge is 2.17. The molecule has 0 aliphatic carbocycles. The SMILES string of the molecule is Cc1nc(-c2nc(Cl)cs2)ncc1OC(=O)Nn1cc(CC(F)F)c2ncccc21. The van der Waals surface area contributed by atoms with Crippen LogP contribution in [0.5, 0.6) is 5.75 Å². The summed E-state index contributed by atoms with van der Waals surface area (Å²) in [6, 6.07) is 3.29. The lowest BCUT2D eigenvalue weighted by molar-refractivity contribution is 0.149. The first-order valence-electron chi connectivity index (χ1n) is 8.57. The van der Waals surface area contributed by atoms with E-state index in [0.717, 1.165) is 0 Å². The van der Waals surface area contributed by atoms with E-state index in [9.17, 15) is 13.6 Å². The van der Waals surface area contributed by atoms with Gasteiger partial charge in [0.15, 0.2) is 16.6 Å². The highest BCUT2D eigenvalue weighted by atomic mass is 35.5. The van der Waals surface area contributed by atoms with Crippen LogP contribution in [0.2, 0.25) is 5.15 Å². The monoisotopic (exact) mass is 450 g/mol. The van der Waals surface area contributed by atoms with Crippen LogP contribution in [0.15, 0.2) is 36.1 Å². The number of pyridine rings is 1. The van der Waals surface area contributed by atoms with Gasteiger partial charge < -0.3 is 4.74 Å². The number of fused-ring (bicyclic) bond motifs is 1. The molecule has 4 aromatic rings. The molecule has 0 atom stereocenters. The van der Waals surface area contributed by atoms with Crippen LogP contribution in [0.25, 0.3) is 21.9 Å². The molecule has 154 valence electrons. The third kappa shape index (κ3) is 4.21. The number of hydrogen-bond acceptors (Lipinski definition) is 7. The van der Waals surface area contributed by atoms with Crippen molar-refractivity contribution in [3.05, 3.63) is 52.5 Å². The van der Waals surface area contributed by atoms with Gasteiger partial charge in [-0.1, -0.05) is 11.6 Å². The van der Waals surface area contributed by atoms with Gasteiger partial charge in [0.05, 0.1) is 22.9 Å². The molecule has 12 heteroatoms. The van der Waals surface area contributed by atoms with Crippen molar-refractivity contribution < 1.29 is 18.3 Å². The Hall–Kier alpha value is -3.18. The van der Waals surface area contributed by atoms with Crippen LogP contribution in [0.3, 0.4) is 0 Å². The summed E-state index contributed by atoms with van der Waals surface area (Å²) in [5, 5.41) is 2.54. The van der Waals surface area contributed by atoms with Crippen molar-refractivity contribution in [3.8, 4) is 16.6 Å². The molecule has 0 bridgehead atoms.